The predicted octanol–water partition coefficient (Wildman–Crippen LogP) is 2.62. The Balaban J connectivity index is 2.55. The molecular weight excluding hydrogens is 241 g/mol. The van der Waals surface area contributed by atoms with Crippen molar-refractivity contribution in [3.8, 4) is 0 Å². The maximum atomic E-state index is 13.0. The molecule has 0 heterocycles. The number of nitrogen functional groups attached to an aromatic ring is 1. The highest BCUT2D eigenvalue weighted by Gasteiger charge is 2.08. The van der Waals surface area contributed by atoms with Gasteiger partial charge in [-0.05, 0) is 25.1 Å². The fraction of sp³-hybridized carbons (Fsp3) is 0.250. The standard InChI is InChI=1S/C12H14FNO2S/c1-3-16-12(15)8(2)7-17-11-5-9(13)4-10(14)6-11/h4-6H,2-3,7,14H2,1H3. The van der Waals surface area contributed by atoms with Gasteiger partial charge in [0.15, 0.2) is 0 Å². The van der Waals surface area contributed by atoms with Crippen LogP contribution in [0, 0.1) is 5.82 Å². The monoisotopic (exact) mass is 255 g/mol. The minimum Gasteiger partial charge on any atom is -0.463 e. The second kappa shape index (κ2) is 6.30. The van der Waals surface area contributed by atoms with Crippen molar-refractivity contribution in [2.45, 2.75) is 11.8 Å². The van der Waals surface area contributed by atoms with Gasteiger partial charge >= 0.3 is 5.97 Å². The van der Waals surface area contributed by atoms with E-state index >= 15 is 0 Å². The maximum Gasteiger partial charge on any atom is 0.334 e. The lowest BCUT2D eigenvalue weighted by Crippen LogP contribution is -2.08. The Morgan fingerprint density at radius 2 is 2.24 bits per heavy atom. The number of hydrogen-bond donors (Lipinski definition) is 1. The molecule has 1 rings (SSSR count). The number of nitrogens with two attached hydrogens (primary N) is 1. The number of rotatable bonds is 5. The Morgan fingerprint density at radius 3 is 2.82 bits per heavy atom. The molecule has 0 aliphatic rings. The van der Waals surface area contributed by atoms with Crippen molar-refractivity contribution in [1.29, 1.82) is 0 Å². The highest BCUT2D eigenvalue weighted by molar-refractivity contribution is 7.99. The lowest BCUT2D eigenvalue weighted by atomic mass is 10.3. The molecule has 3 nitrogen and oxygen atoms in total. The van der Waals surface area contributed by atoms with Crippen LogP contribution in [0.2, 0.25) is 0 Å². The van der Waals surface area contributed by atoms with Crippen molar-refractivity contribution >= 4 is 23.4 Å². The predicted molar refractivity (Wildman–Crippen MR) is 67.3 cm³/mol. The van der Waals surface area contributed by atoms with Crippen molar-refractivity contribution < 1.29 is 13.9 Å². The van der Waals surface area contributed by atoms with Crippen molar-refractivity contribution in [3.63, 3.8) is 0 Å². The molecule has 5 heteroatoms. The van der Waals surface area contributed by atoms with Gasteiger partial charge in [0.2, 0.25) is 0 Å². The topological polar surface area (TPSA) is 52.3 Å². The molecule has 0 fully saturated rings. The molecule has 0 bridgehead atoms. The van der Waals surface area contributed by atoms with Crippen LogP contribution in [0.3, 0.4) is 0 Å². The van der Waals surface area contributed by atoms with Crippen LogP contribution in [0.5, 0.6) is 0 Å². The van der Waals surface area contributed by atoms with E-state index in [1.54, 1.807) is 13.0 Å². The van der Waals surface area contributed by atoms with Crippen LogP contribution in [0.1, 0.15) is 6.92 Å². The van der Waals surface area contributed by atoms with Gasteiger partial charge in [0.25, 0.3) is 0 Å². The van der Waals surface area contributed by atoms with Gasteiger partial charge in [-0.2, -0.15) is 0 Å². The van der Waals surface area contributed by atoms with Crippen molar-refractivity contribution in [2.24, 2.45) is 0 Å². The van der Waals surface area contributed by atoms with E-state index in [9.17, 15) is 9.18 Å². The van der Waals surface area contributed by atoms with Gasteiger partial charge in [0, 0.05) is 21.9 Å². The first-order valence-corrected chi connectivity index (χ1v) is 6.05. The van der Waals surface area contributed by atoms with E-state index in [2.05, 4.69) is 6.58 Å². The third kappa shape index (κ3) is 4.48. The number of carbonyl (C=O) groups is 1. The van der Waals surface area contributed by atoms with Gasteiger partial charge in [-0.25, -0.2) is 9.18 Å². The summed E-state index contributed by atoms with van der Waals surface area (Å²) < 4.78 is 17.8. The van der Waals surface area contributed by atoms with E-state index in [0.29, 0.717) is 28.5 Å². The highest BCUT2D eigenvalue weighted by atomic mass is 32.2. The normalized spacial score (nSPS) is 10.0. The minimum atomic E-state index is -0.427. The zero-order valence-corrected chi connectivity index (χ0v) is 10.3. The second-order valence-electron chi connectivity index (χ2n) is 3.33. The molecule has 0 aliphatic heterocycles. The molecule has 0 saturated carbocycles. The van der Waals surface area contributed by atoms with Gasteiger partial charge in [-0.3, -0.25) is 0 Å². The van der Waals surface area contributed by atoms with E-state index in [1.165, 1.54) is 23.9 Å². The fourth-order valence-corrected chi connectivity index (χ4v) is 2.00. The Bertz CT molecular complexity index is 414. The van der Waals surface area contributed by atoms with E-state index < -0.39 is 11.8 Å². The summed E-state index contributed by atoms with van der Waals surface area (Å²) >= 11 is 1.29. The van der Waals surface area contributed by atoms with Crippen LogP contribution in [-0.4, -0.2) is 18.3 Å². The summed E-state index contributed by atoms with van der Waals surface area (Å²) in [5.74, 6) is -0.472. The Hall–Kier alpha value is -1.49. The molecule has 0 atom stereocenters. The number of benzene rings is 1. The molecule has 0 aromatic heterocycles. The Labute approximate surface area is 104 Å². The lowest BCUT2D eigenvalue weighted by molar-refractivity contribution is -0.138. The molecule has 0 aliphatic carbocycles. The van der Waals surface area contributed by atoms with Gasteiger partial charge < -0.3 is 10.5 Å². The molecule has 0 unspecified atom stereocenters. The molecule has 0 spiro atoms. The third-order valence-electron chi connectivity index (χ3n) is 1.87. The zero-order valence-electron chi connectivity index (χ0n) is 9.53. The summed E-state index contributed by atoms with van der Waals surface area (Å²) in [6.45, 7) is 5.66. The summed E-state index contributed by atoms with van der Waals surface area (Å²) in [5, 5.41) is 0. The van der Waals surface area contributed by atoms with Crippen molar-refractivity contribution in [1.82, 2.24) is 0 Å². The number of halogens is 1. The second-order valence-corrected chi connectivity index (χ2v) is 4.38. The molecule has 2 N–H and O–H groups in total. The molecule has 0 saturated heterocycles. The van der Waals surface area contributed by atoms with Crippen molar-refractivity contribution in [2.75, 3.05) is 18.1 Å². The smallest absolute Gasteiger partial charge is 0.334 e. The largest absolute Gasteiger partial charge is 0.463 e. The van der Waals surface area contributed by atoms with Crippen LogP contribution in [0.25, 0.3) is 0 Å². The van der Waals surface area contributed by atoms with E-state index in [4.69, 9.17) is 10.5 Å². The first kappa shape index (κ1) is 13.6. The minimum absolute atomic E-state index is 0.315. The van der Waals surface area contributed by atoms with Crippen LogP contribution < -0.4 is 5.73 Å². The summed E-state index contributed by atoms with van der Waals surface area (Å²) in [5.41, 5.74) is 6.21. The summed E-state index contributed by atoms with van der Waals surface area (Å²) in [6.07, 6.45) is 0. The summed E-state index contributed by atoms with van der Waals surface area (Å²) in [6, 6.07) is 4.25. The zero-order chi connectivity index (χ0) is 12.8. The Morgan fingerprint density at radius 1 is 1.53 bits per heavy atom. The number of ether oxygens (including phenoxy) is 1. The first-order valence-electron chi connectivity index (χ1n) is 5.06. The number of anilines is 1. The number of carbonyl (C=O) groups excluding carboxylic acids is 1. The molecule has 1 aromatic rings. The van der Waals surface area contributed by atoms with Crippen LogP contribution in [0.4, 0.5) is 10.1 Å². The number of hydrogen-bond acceptors (Lipinski definition) is 4. The Kier molecular flexibility index (Phi) is 5.03. The van der Waals surface area contributed by atoms with Gasteiger partial charge in [-0.15, -0.1) is 11.8 Å². The summed E-state index contributed by atoms with van der Waals surface area (Å²) in [7, 11) is 0. The molecule has 0 amide bonds. The third-order valence-corrected chi connectivity index (χ3v) is 2.93. The maximum absolute atomic E-state index is 13.0. The summed E-state index contributed by atoms with van der Waals surface area (Å²) in [4.78, 5) is 11.9. The van der Waals surface area contributed by atoms with Gasteiger partial charge in [0.05, 0.1) is 6.61 Å². The molecule has 1 aromatic carbocycles. The lowest BCUT2D eigenvalue weighted by Gasteiger charge is -2.06. The van der Waals surface area contributed by atoms with Crippen LogP contribution in [-0.2, 0) is 9.53 Å². The number of esters is 1. The van der Waals surface area contributed by atoms with Crippen LogP contribution >= 0.6 is 11.8 Å². The van der Waals surface area contributed by atoms with E-state index in [0.717, 1.165) is 0 Å². The SMILES string of the molecule is C=C(CSc1cc(N)cc(F)c1)C(=O)OCC. The average molecular weight is 255 g/mol. The molecular formula is C12H14FNO2S. The number of thioether (sulfide) groups is 1. The van der Waals surface area contributed by atoms with Gasteiger partial charge in [-0.1, -0.05) is 6.58 Å². The van der Waals surface area contributed by atoms with Crippen LogP contribution in [0.15, 0.2) is 35.2 Å². The quantitative estimate of drug-likeness (QED) is 0.380. The average Bonchev–Trinajstić information content (AvgIpc) is 2.25. The molecule has 17 heavy (non-hydrogen) atoms. The fourth-order valence-electron chi connectivity index (χ4n) is 1.13. The van der Waals surface area contributed by atoms with E-state index in [-0.39, 0.29) is 0 Å². The van der Waals surface area contributed by atoms with Gasteiger partial charge in [0.1, 0.15) is 5.82 Å². The first-order chi connectivity index (χ1) is 8.02. The highest BCUT2D eigenvalue weighted by Crippen LogP contribution is 2.23. The van der Waals surface area contributed by atoms with E-state index in [1.807, 2.05) is 0 Å². The molecule has 0 radical (unpaired) electrons. The van der Waals surface area contributed by atoms with Crippen molar-refractivity contribution in [3.05, 3.63) is 36.2 Å². The molecule has 92 valence electrons.